The van der Waals surface area contributed by atoms with Crippen molar-refractivity contribution in [3.8, 4) is 0 Å². The molecule has 0 radical (unpaired) electrons. The van der Waals surface area contributed by atoms with Crippen molar-refractivity contribution in [2.45, 2.75) is 32.4 Å². The van der Waals surface area contributed by atoms with Crippen LogP contribution in [-0.2, 0) is 11.3 Å². The summed E-state index contributed by atoms with van der Waals surface area (Å²) < 4.78 is 2.67. The van der Waals surface area contributed by atoms with Crippen molar-refractivity contribution in [2.24, 2.45) is 11.7 Å². The third kappa shape index (κ3) is 2.76. The molecule has 1 atom stereocenters. The van der Waals surface area contributed by atoms with Crippen LogP contribution in [0.3, 0.4) is 0 Å². The summed E-state index contributed by atoms with van der Waals surface area (Å²) in [6.45, 7) is 3.40. The second-order valence-corrected chi connectivity index (χ2v) is 5.95. The maximum absolute atomic E-state index is 12.4. The number of pyridine rings is 1. The number of rotatable bonds is 3. The highest BCUT2D eigenvalue weighted by atomic mass is 16.2. The summed E-state index contributed by atoms with van der Waals surface area (Å²) >= 11 is 0. The van der Waals surface area contributed by atoms with Gasteiger partial charge in [-0.25, -0.2) is 9.48 Å². The number of nitrogens with two attached hydrogens (primary N) is 1. The maximum Gasteiger partial charge on any atom is 0.350 e. The average Bonchev–Trinajstić information content (AvgIpc) is 2.84. The van der Waals surface area contributed by atoms with Crippen LogP contribution in [0.15, 0.2) is 29.2 Å². The Kier molecular flexibility index (Phi) is 3.98. The number of fused-ring (bicyclic) bond motifs is 1. The number of carbonyl (C=O) groups is 1. The van der Waals surface area contributed by atoms with Crippen LogP contribution in [-0.4, -0.2) is 44.1 Å². The first kappa shape index (κ1) is 14.8. The first-order valence-corrected chi connectivity index (χ1v) is 7.64. The van der Waals surface area contributed by atoms with Crippen molar-refractivity contribution in [3.05, 3.63) is 34.9 Å². The van der Waals surface area contributed by atoms with E-state index < -0.39 is 0 Å². The quantitative estimate of drug-likeness (QED) is 0.870. The van der Waals surface area contributed by atoms with Crippen molar-refractivity contribution < 1.29 is 4.79 Å². The molecule has 1 unspecified atom stereocenters. The van der Waals surface area contributed by atoms with Gasteiger partial charge in [-0.15, -0.1) is 5.10 Å². The van der Waals surface area contributed by atoms with Crippen LogP contribution in [0.25, 0.3) is 5.65 Å². The van der Waals surface area contributed by atoms with Gasteiger partial charge in [-0.2, -0.15) is 0 Å². The van der Waals surface area contributed by atoms with Gasteiger partial charge in [0, 0.05) is 25.3 Å². The molecule has 1 fully saturated rings. The van der Waals surface area contributed by atoms with E-state index >= 15 is 0 Å². The molecular formula is C15H21N5O2. The highest BCUT2D eigenvalue weighted by molar-refractivity contribution is 5.76. The number of piperidine rings is 1. The van der Waals surface area contributed by atoms with Crippen molar-refractivity contribution in [1.29, 1.82) is 0 Å². The van der Waals surface area contributed by atoms with E-state index in [1.54, 1.807) is 23.2 Å². The molecule has 1 aliphatic heterocycles. The Morgan fingerprint density at radius 3 is 2.77 bits per heavy atom. The summed E-state index contributed by atoms with van der Waals surface area (Å²) in [5, 5.41) is 4.19. The van der Waals surface area contributed by atoms with Gasteiger partial charge in [-0.3, -0.25) is 9.20 Å². The molecule has 1 aliphatic rings. The second-order valence-electron chi connectivity index (χ2n) is 5.95. The summed E-state index contributed by atoms with van der Waals surface area (Å²) in [6.07, 6.45) is 3.49. The van der Waals surface area contributed by atoms with Gasteiger partial charge in [0.25, 0.3) is 0 Å². The molecule has 3 rings (SSSR count). The number of aromatic nitrogens is 3. The molecule has 0 aromatic carbocycles. The van der Waals surface area contributed by atoms with E-state index in [0.717, 1.165) is 12.8 Å². The lowest BCUT2D eigenvalue weighted by Gasteiger charge is -2.33. The van der Waals surface area contributed by atoms with Gasteiger partial charge in [-0.05, 0) is 37.8 Å². The van der Waals surface area contributed by atoms with Gasteiger partial charge in [0.2, 0.25) is 5.91 Å². The third-order valence-corrected chi connectivity index (χ3v) is 4.41. The molecule has 7 nitrogen and oxygen atoms in total. The summed E-state index contributed by atoms with van der Waals surface area (Å²) in [6, 6.07) is 5.49. The maximum atomic E-state index is 12.4. The van der Waals surface area contributed by atoms with Crippen LogP contribution in [0, 0.1) is 5.92 Å². The number of likely N-dealkylation sites (tertiary alicyclic amines) is 1. The Balaban J connectivity index is 1.69. The zero-order valence-electron chi connectivity index (χ0n) is 12.7. The smallest absolute Gasteiger partial charge is 0.341 e. The van der Waals surface area contributed by atoms with Crippen LogP contribution in [0.5, 0.6) is 0 Å². The minimum absolute atomic E-state index is 0.0106. The molecule has 1 amide bonds. The van der Waals surface area contributed by atoms with Gasteiger partial charge in [0.05, 0.1) is 0 Å². The highest BCUT2D eigenvalue weighted by Crippen LogP contribution is 2.19. The van der Waals surface area contributed by atoms with Crippen molar-refractivity contribution in [3.63, 3.8) is 0 Å². The van der Waals surface area contributed by atoms with E-state index in [0.29, 0.717) is 24.7 Å². The molecule has 2 N–H and O–H groups in total. The van der Waals surface area contributed by atoms with Crippen LogP contribution < -0.4 is 11.4 Å². The fourth-order valence-corrected chi connectivity index (χ4v) is 2.97. The Hall–Kier alpha value is -2.15. The predicted octanol–water partition coefficient (Wildman–Crippen LogP) is 0.0818. The predicted molar refractivity (Wildman–Crippen MR) is 82.4 cm³/mol. The fraction of sp³-hybridized carbons (Fsp3) is 0.533. The fourth-order valence-electron chi connectivity index (χ4n) is 2.97. The normalized spacial score (nSPS) is 17.8. The van der Waals surface area contributed by atoms with Gasteiger partial charge in [0.1, 0.15) is 6.54 Å². The lowest BCUT2D eigenvalue weighted by Crippen LogP contribution is -2.44. The minimum atomic E-state index is -0.283. The van der Waals surface area contributed by atoms with E-state index in [1.165, 1.54) is 9.08 Å². The van der Waals surface area contributed by atoms with Gasteiger partial charge in [0.15, 0.2) is 5.65 Å². The largest absolute Gasteiger partial charge is 0.350 e. The minimum Gasteiger partial charge on any atom is -0.341 e. The summed E-state index contributed by atoms with van der Waals surface area (Å²) in [7, 11) is 0. The van der Waals surface area contributed by atoms with E-state index in [1.807, 2.05) is 13.0 Å². The molecule has 0 spiro atoms. The Labute approximate surface area is 128 Å². The van der Waals surface area contributed by atoms with Gasteiger partial charge in [-0.1, -0.05) is 6.07 Å². The lowest BCUT2D eigenvalue weighted by molar-refractivity contribution is -0.133. The Morgan fingerprint density at radius 1 is 1.41 bits per heavy atom. The van der Waals surface area contributed by atoms with Crippen molar-refractivity contribution in [1.82, 2.24) is 19.1 Å². The first-order chi connectivity index (χ1) is 10.6. The van der Waals surface area contributed by atoms with Gasteiger partial charge >= 0.3 is 5.69 Å². The van der Waals surface area contributed by atoms with E-state index in [-0.39, 0.29) is 24.2 Å². The molecular weight excluding hydrogens is 282 g/mol. The molecule has 3 heterocycles. The molecule has 1 saturated heterocycles. The topological polar surface area (TPSA) is 85.6 Å². The van der Waals surface area contributed by atoms with Crippen molar-refractivity contribution in [2.75, 3.05) is 13.1 Å². The molecule has 7 heteroatoms. The van der Waals surface area contributed by atoms with E-state index in [4.69, 9.17) is 5.73 Å². The number of carbonyl (C=O) groups excluding carboxylic acids is 1. The zero-order valence-corrected chi connectivity index (χ0v) is 12.7. The van der Waals surface area contributed by atoms with Crippen LogP contribution in [0.4, 0.5) is 0 Å². The number of hydrogen-bond donors (Lipinski definition) is 1. The van der Waals surface area contributed by atoms with Crippen molar-refractivity contribution >= 4 is 11.6 Å². The SMILES string of the molecule is CC(N)C1CCN(C(=O)Cn2nc3ccccn3c2=O)CC1. The summed E-state index contributed by atoms with van der Waals surface area (Å²) in [5.41, 5.74) is 6.18. The Morgan fingerprint density at radius 2 is 2.14 bits per heavy atom. The average molecular weight is 303 g/mol. The Bertz CT molecular complexity index is 725. The van der Waals surface area contributed by atoms with Crippen LogP contribution in [0.1, 0.15) is 19.8 Å². The van der Waals surface area contributed by atoms with E-state index in [2.05, 4.69) is 5.10 Å². The summed E-state index contributed by atoms with van der Waals surface area (Å²) in [4.78, 5) is 26.3. The van der Waals surface area contributed by atoms with Crippen LogP contribution >= 0.6 is 0 Å². The molecule has 0 saturated carbocycles. The van der Waals surface area contributed by atoms with Crippen LogP contribution in [0.2, 0.25) is 0 Å². The molecule has 22 heavy (non-hydrogen) atoms. The summed E-state index contributed by atoms with van der Waals surface area (Å²) in [5.74, 6) is 0.413. The number of hydrogen-bond acceptors (Lipinski definition) is 4. The first-order valence-electron chi connectivity index (χ1n) is 7.64. The molecule has 0 aliphatic carbocycles. The standard InChI is InChI=1S/C15H21N5O2/c1-11(16)12-5-8-18(9-6-12)14(21)10-20-15(22)19-7-3-2-4-13(19)17-20/h2-4,7,11-12H,5-6,8-10,16H2,1H3. The number of amides is 1. The molecule has 2 aromatic rings. The monoisotopic (exact) mass is 303 g/mol. The lowest BCUT2D eigenvalue weighted by atomic mass is 9.91. The number of nitrogens with zero attached hydrogens (tertiary/aromatic N) is 4. The molecule has 0 bridgehead atoms. The second kappa shape index (κ2) is 5.92. The molecule has 118 valence electrons. The third-order valence-electron chi connectivity index (χ3n) is 4.41. The molecule has 2 aromatic heterocycles. The zero-order chi connectivity index (χ0) is 15.7. The van der Waals surface area contributed by atoms with E-state index in [9.17, 15) is 9.59 Å². The highest BCUT2D eigenvalue weighted by Gasteiger charge is 2.25. The van der Waals surface area contributed by atoms with Gasteiger partial charge < -0.3 is 10.6 Å².